The Bertz CT molecular complexity index is 331. The molecule has 0 aromatic carbocycles. The monoisotopic (exact) mass is 454 g/mol. The van der Waals surface area contributed by atoms with E-state index in [1.807, 2.05) is 0 Å². The highest BCUT2D eigenvalue weighted by atomic mass is 28.4. The second-order valence-electron chi connectivity index (χ2n) is 8.17. The van der Waals surface area contributed by atoms with E-state index in [2.05, 4.69) is 19.6 Å². The van der Waals surface area contributed by atoms with Gasteiger partial charge in [-0.25, -0.2) is 0 Å². The third-order valence-electron chi connectivity index (χ3n) is 6.32. The number of rotatable bonds is 18. The van der Waals surface area contributed by atoms with Crippen LogP contribution in [-0.2, 0) is 26.6 Å². The lowest BCUT2D eigenvalue weighted by Crippen LogP contribution is -2.36. The van der Waals surface area contributed by atoms with Crippen molar-refractivity contribution in [3.63, 3.8) is 0 Å². The summed E-state index contributed by atoms with van der Waals surface area (Å²) in [5, 5.41) is 0. The minimum atomic E-state index is -1.98. The minimum Gasteiger partial charge on any atom is -0.398 e. The highest BCUT2D eigenvalue weighted by Gasteiger charge is 2.31. The molecule has 6 nitrogen and oxygen atoms in total. The van der Waals surface area contributed by atoms with E-state index in [4.69, 9.17) is 26.6 Å². The molecular weight excluding hydrogens is 408 g/mol. The van der Waals surface area contributed by atoms with Gasteiger partial charge in [-0.3, -0.25) is 0 Å². The van der Waals surface area contributed by atoms with E-state index >= 15 is 0 Å². The summed E-state index contributed by atoms with van der Waals surface area (Å²) < 4.78 is 33.8. The van der Waals surface area contributed by atoms with Crippen molar-refractivity contribution in [2.45, 2.75) is 76.3 Å². The maximum atomic E-state index is 5.64. The number of hydrogen-bond acceptors (Lipinski definition) is 6. The van der Waals surface area contributed by atoms with Gasteiger partial charge in [-0.2, -0.15) is 0 Å². The van der Waals surface area contributed by atoms with E-state index in [0.717, 1.165) is 37.4 Å². The van der Waals surface area contributed by atoms with Gasteiger partial charge in [-0.05, 0) is 43.7 Å². The quantitative estimate of drug-likeness (QED) is 0.270. The second kappa shape index (κ2) is 14.4. The highest BCUT2D eigenvalue weighted by molar-refractivity contribution is 6.66. The Morgan fingerprint density at radius 1 is 0.464 bits per heavy atom. The lowest BCUT2D eigenvalue weighted by Gasteiger charge is -2.27. The van der Waals surface area contributed by atoms with Crippen molar-refractivity contribution in [2.75, 3.05) is 42.7 Å². The summed E-state index contributed by atoms with van der Waals surface area (Å²) in [4.78, 5) is 0. The molecule has 0 aromatic rings. The normalized spacial score (nSPS) is 13.5. The molecule has 0 aromatic heterocycles. The Labute approximate surface area is 177 Å². The molecule has 0 aliphatic heterocycles. The average Bonchev–Trinajstić information content (AvgIpc) is 2.72. The van der Waals surface area contributed by atoms with Crippen LogP contribution >= 0.6 is 0 Å². The molecule has 0 bridgehead atoms. The molecule has 0 radical (unpaired) electrons. The second-order valence-corrected chi connectivity index (χ2v) is 18.9. The summed E-state index contributed by atoms with van der Waals surface area (Å²) in [5.74, 6) is 0.700. The Morgan fingerprint density at radius 2 is 0.679 bits per heavy atom. The van der Waals surface area contributed by atoms with Crippen molar-refractivity contribution in [1.82, 2.24) is 0 Å². The molecule has 0 unspecified atom stereocenters. The van der Waals surface area contributed by atoms with Crippen molar-refractivity contribution in [3.05, 3.63) is 0 Å². The Kier molecular flexibility index (Phi) is 14.6. The standard InChI is InChI=1S/C19H46O6Si3/c1-20-26(7,21-2)16-10-13-19(14-11-17-27(8,22-3)23-4)15-12-18-28(9,24-5)25-6/h19H,10-18H2,1-9H3. The van der Waals surface area contributed by atoms with Crippen molar-refractivity contribution in [1.29, 1.82) is 0 Å². The van der Waals surface area contributed by atoms with Gasteiger partial charge in [0.2, 0.25) is 0 Å². The summed E-state index contributed by atoms with van der Waals surface area (Å²) in [7, 11) is 4.71. The van der Waals surface area contributed by atoms with E-state index in [9.17, 15) is 0 Å². The van der Waals surface area contributed by atoms with Crippen LogP contribution in [0.3, 0.4) is 0 Å². The molecule has 0 aliphatic carbocycles. The van der Waals surface area contributed by atoms with E-state index in [1.54, 1.807) is 42.7 Å². The minimum absolute atomic E-state index is 0.700. The lowest BCUT2D eigenvalue weighted by molar-refractivity contribution is 0.242. The fourth-order valence-corrected chi connectivity index (χ4v) is 7.69. The maximum Gasteiger partial charge on any atom is 0.334 e. The molecule has 0 aliphatic rings. The van der Waals surface area contributed by atoms with Crippen LogP contribution in [-0.4, -0.2) is 68.3 Å². The topological polar surface area (TPSA) is 55.4 Å². The van der Waals surface area contributed by atoms with Crippen LogP contribution < -0.4 is 0 Å². The van der Waals surface area contributed by atoms with E-state index < -0.39 is 25.7 Å². The molecule has 9 heteroatoms. The third-order valence-corrected chi connectivity index (χ3v) is 15.3. The first-order valence-corrected chi connectivity index (χ1v) is 18.0. The zero-order valence-corrected chi connectivity index (χ0v) is 22.9. The van der Waals surface area contributed by atoms with Gasteiger partial charge >= 0.3 is 25.7 Å². The molecule has 170 valence electrons. The molecule has 0 saturated heterocycles. The summed E-state index contributed by atoms with van der Waals surface area (Å²) >= 11 is 0. The van der Waals surface area contributed by atoms with E-state index in [0.29, 0.717) is 5.92 Å². The van der Waals surface area contributed by atoms with Crippen LogP contribution in [0.25, 0.3) is 0 Å². The van der Waals surface area contributed by atoms with Crippen molar-refractivity contribution >= 4 is 25.7 Å². The lowest BCUT2D eigenvalue weighted by atomic mass is 9.94. The molecule has 28 heavy (non-hydrogen) atoms. The fraction of sp³-hybridized carbons (Fsp3) is 1.00. The highest BCUT2D eigenvalue weighted by Crippen LogP contribution is 2.28. The first kappa shape index (κ1) is 28.4. The van der Waals surface area contributed by atoms with Gasteiger partial charge in [0.1, 0.15) is 0 Å². The van der Waals surface area contributed by atoms with Gasteiger partial charge in [0, 0.05) is 42.7 Å². The Morgan fingerprint density at radius 3 is 0.857 bits per heavy atom. The van der Waals surface area contributed by atoms with Crippen LogP contribution in [0.2, 0.25) is 37.8 Å². The number of hydrogen-bond donors (Lipinski definition) is 0. The molecule has 0 spiro atoms. The Balaban J connectivity index is 4.64. The third kappa shape index (κ3) is 11.0. The molecule has 0 fully saturated rings. The molecule has 0 amide bonds. The predicted octanol–water partition coefficient (Wildman–Crippen LogP) is 5.04. The zero-order valence-electron chi connectivity index (χ0n) is 19.9. The van der Waals surface area contributed by atoms with E-state index in [-0.39, 0.29) is 0 Å². The van der Waals surface area contributed by atoms with Gasteiger partial charge in [0.05, 0.1) is 0 Å². The SMILES string of the molecule is CO[Si](C)(CCCC(CCC[Si](C)(OC)OC)CCC[Si](C)(OC)OC)OC. The van der Waals surface area contributed by atoms with Crippen LogP contribution in [0.5, 0.6) is 0 Å². The largest absolute Gasteiger partial charge is 0.398 e. The molecule has 0 saturated carbocycles. The van der Waals surface area contributed by atoms with Crippen LogP contribution in [0.15, 0.2) is 0 Å². The summed E-state index contributed by atoms with van der Waals surface area (Å²) in [5.41, 5.74) is 0. The van der Waals surface area contributed by atoms with Crippen LogP contribution in [0.1, 0.15) is 38.5 Å². The molecular formula is C19H46O6Si3. The van der Waals surface area contributed by atoms with Gasteiger partial charge in [-0.15, -0.1) is 0 Å². The van der Waals surface area contributed by atoms with Crippen molar-refractivity contribution < 1.29 is 26.6 Å². The van der Waals surface area contributed by atoms with Crippen molar-refractivity contribution in [2.24, 2.45) is 5.92 Å². The molecule has 0 N–H and O–H groups in total. The zero-order chi connectivity index (χ0) is 21.7. The molecule has 0 heterocycles. The van der Waals surface area contributed by atoms with Gasteiger partial charge in [0.25, 0.3) is 0 Å². The molecule has 0 rings (SSSR count). The average molecular weight is 455 g/mol. The first-order valence-electron chi connectivity index (χ1n) is 10.5. The summed E-state index contributed by atoms with van der Waals surface area (Å²) in [6.07, 6.45) is 7.11. The predicted molar refractivity (Wildman–Crippen MR) is 123 cm³/mol. The van der Waals surface area contributed by atoms with Crippen LogP contribution in [0, 0.1) is 5.92 Å². The fourth-order valence-electron chi connectivity index (χ4n) is 3.43. The maximum absolute atomic E-state index is 5.64. The Hall–Kier alpha value is 0.411. The van der Waals surface area contributed by atoms with Gasteiger partial charge < -0.3 is 26.6 Å². The summed E-state index contributed by atoms with van der Waals surface area (Å²) in [6.45, 7) is 6.43. The van der Waals surface area contributed by atoms with E-state index in [1.165, 1.54) is 19.3 Å². The first-order chi connectivity index (χ1) is 13.1. The van der Waals surface area contributed by atoms with Crippen LogP contribution in [0.4, 0.5) is 0 Å². The summed E-state index contributed by atoms with van der Waals surface area (Å²) in [6, 6.07) is 3.13. The molecule has 0 atom stereocenters. The van der Waals surface area contributed by atoms with Crippen molar-refractivity contribution in [3.8, 4) is 0 Å². The smallest absolute Gasteiger partial charge is 0.334 e. The van der Waals surface area contributed by atoms with Gasteiger partial charge in [-0.1, -0.05) is 38.5 Å². The van der Waals surface area contributed by atoms with Gasteiger partial charge in [0.15, 0.2) is 0 Å².